The van der Waals surface area contributed by atoms with Crippen molar-refractivity contribution in [3.8, 4) is 5.75 Å². The molecule has 0 bridgehead atoms. The van der Waals surface area contributed by atoms with Gasteiger partial charge in [-0.1, -0.05) is 30.3 Å². The Labute approximate surface area is 126 Å². The minimum Gasteiger partial charge on any atom is -1.00 e. The molecule has 0 saturated carbocycles. The Hall–Kier alpha value is -1.32. The number of rotatable bonds is 4. The van der Waals surface area contributed by atoms with Crippen LogP contribution in [-0.2, 0) is 6.54 Å². The van der Waals surface area contributed by atoms with Gasteiger partial charge in [0.25, 0.3) is 0 Å². The van der Waals surface area contributed by atoms with Crippen LogP contribution in [-0.4, -0.2) is 21.2 Å². The fourth-order valence-corrected chi connectivity index (χ4v) is 2.12. The summed E-state index contributed by atoms with van der Waals surface area (Å²) in [6.07, 6.45) is 0. The molecule has 2 nitrogen and oxygen atoms in total. The van der Waals surface area contributed by atoms with Gasteiger partial charge in [-0.15, -0.1) is 0 Å². The highest BCUT2D eigenvalue weighted by atomic mass is 79.9. The van der Waals surface area contributed by atoms with Gasteiger partial charge in [0, 0.05) is 17.7 Å². The smallest absolute Gasteiger partial charge is 0.132 e. The Bertz CT molecular complexity index is 494. The monoisotopic (exact) mass is 321 g/mol. The molecule has 2 aromatic rings. The maximum atomic E-state index is 5.19. The minimum absolute atomic E-state index is 0. The number of benzene rings is 2. The first kappa shape index (κ1) is 15.7. The van der Waals surface area contributed by atoms with Crippen molar-refractivity contribution < 1.29 is 21.7 Å². The quantitative estimate of drug-likeness (QED) is 0.744. The highest BCUT2D eigenvalue weighted by Gasteiger charge is 2.19. The topological polar surface area (TPSA) is 9.23 Å². The van der Waals surface area contributed by atoms with Gasteiger partial charge in [-0.25, -0.2) is 0 Å². The van der Waals surface area contributed by atoms with Gasteiger partial charge in [0.05, 0.1) is 21.2 Å². The number of hydrogen-bond acceptors (Lipinski definition) is 1. The van der Waals surface area contributed by atoms with E-state index in [-0.39, 0.29) is 17.0 Å². The van der Waals surface area contributed by atoms with Gasteiger partial charge >= 0.3 is 0 Å². The molecule has 19 heavy (non-hydrogen) atoms. The number of methoxy groups -OCH3 is 1. The second kappa shape index (κ2) is 6.73. The van der Waals surface area contributed by atoms with Gasteiger partial charge in [0.1, 0.15) is 18.0 Å². The zero-order valence-electron chi connectivity index (χ0n) is 11.6. The molecule has 0 aromatic heterocycles. The second-order valence-corrected chi connectivity index (χ2v) is 5.03. The van der Waals surface area contributed by atoms with Gasteiger partial charge in [0.2, 0.25) is 0 Å². The third-order valence-electron chi connectivity index (χ3n) is 3.19. The van der Waals surface area contributed by atoms with Gasteiger partial charge < -0.3 is 21.7 Å². The molecular formula is C16H20BrNO. The Morgan fingerprint density at radius 1 is 0.895 bits per heavy atom. The number of hydrogen-bond donors (Lipinski definition) is 0. The highest BCUT2D eigenvalue weighted by molar-refractivity contribution is 5.45. The Morgan fingerprint density at radius 3 is 2.00 bits per heavy atom. The maximum Gasteiger partial charge on any atom is 0.132 e. The summed E-state index contributed by atoms with van der Waals surface area (Å²) in [5, 5.41) is 0. The summed E-state index contributed by atoms with van der Waals surface area (Å²) >= 11 is 0. The van der Waals surface area contributed by atoms with Gasteiger partial charge in [-0.3, -0.25) is 4.48 Å². The third kappa shape index (κ3) is 4.08. The summed E-state index contributed by atoms with van der Waals surface area (Å²) in [6.45, 7) is 0.979. The van der Waals surface area contributed by atoms with Crippen LogP contribution in [0.3, 0.4) is 0 Å². The number of quaternary nitrogens is 1. The van der Waals surface area contributed by atoms with E-state index in [1.807, 2.05) is 12.1 Å². The van der Waals surface area contributed by atoms with Crippen molar-refractivity contribution in [2.45, 2.75) is 6.54 Å². The lowest BCUT2D eigenvalue weighted by atomic mass is 10.1. The molecule has 0 amide bonds. The molecule has 0 spiro atoms. The Balaban J connectivity index is 0.00000180. The van der Waals surface area contributed by atoms with Crippen molar-refractivity contribution >= 4 is 5.69 Å². The van der Waals surface area contributed by atoms with Crippen molar-refractivity contribution in [3.63, 3.8) is 0 Å². The van der Waals surface area contributed by atoms with E-state index in [2.05, 4.69) is 56.6 Å². The zero-order valence-corrected chi connectivity index (χ0v) is 13.2. The van der Waals surface area contributed by atoms with E-state index in [1.165, 1.54) is 11.3 Å². The van der Waals surface area contributed by atoms with Crippen molar-refractivity contribution in [3.05, 3.63) is 60.2 Å². The highest BCUT2D eigenvalue weighted by Crippen LogP contribution is 2.24. The van der Waals surface area contributed by atoms with Crippen LogP contribution >= 0.6 is 0 Å². The zero-order chi connectivity index (χ0) is 13.0. The standard InChI is InChI=1S/C16H20NO.BrH/c1-17(2,13-14-7-5-4-6-8-14)15-9-11-16(18-3)12-10-15;/h4-12H,13H2,1-3H3;1H/q+1;/p-1. The predicted octanol–water partition coefficient (Wildman–Crippen LogP) is 0.466. The molecule has 0 heterocycles. The molecule has 0 aliphatic heterocycles. The molecule has 0 N–H and O–H groups in total. The molecule has 0 aliphatic carbocycles. The summed E-state index contributed by atoms with van der Waals surface area (Å²) in [6, 6.07) is 18.8. The van der Waals surface area contributed by atoms with E-state index in [0.717, 1.165) is 16.8 Å². The van der Waals surface area contributed by atoms with Crippen molar-refractivity contribution in [2.75, 3.05) is 21.2 Å². The van der Waals surface area contributed by atoms with Gasteiger partial charge in [0.15, 0.2) is 0 Å². The van der Waals surface area contributed by atoms with Gasteiger partial charge in [-0.05, 0) is 12.1 Å². The summed E-state index contributed by atoms with van der Waals surface area (Å²) in [7, 11) is 6.13. The molecule has 2 rings (SSSR count). The van der Waals surface area contributed by atoms with Crippen LogP contribution in [0.2, 0.25) is 0 Å². The molecule has 3 heteroatoms. The Kier molecular flexibility index (Phi) is 5.58. The predicted molar refractivity (Wildman–Crippen MR) is 76.8 cm³/mol. The lowest BCUT2D eigenvalue weighted by molar-refractivity contribution is -0.00000426. The average Bonchev–Trinajstić information content (AvgIpc) is 2.39. The van der Waals surface area contributed by atoms with Crippen LogP contribution in [0.4, 0.5) is 5.69 Å². The SMILES string of the molecule is COc1ccc([N+](C)(C)Cc2ccccc2)cc1.[Br-]. The van der Waals surface area contributed by atoms with Crippen molar-refractivity contribution in [1.29, 1.82) is 0 Å². The summed E-state index contributed by atoms with van der Waals surface area (Å²) in [5.41, 5.74) is 2.62. The lowest BCUT2D eigenvalue weighted by Gasteiger charge is -2.29. The van der Waals surface area contributed by atoms with Gasteiger partial charge in [-0.2, -0.15) is 0 Å². The maximum absolute atomic E-state index is 5.19. The molecule has 0 fully saturated rings. The van der Waals surface area contributed by atoms with Crippen LogP contribution in [0, 0.1) is 0 Å². The molecule has 0 atom stereocenters. The molecule has 0 aliphatic rings. The molecular weight excluding hydrogens is 302 g/mol. The van der Waals surface area contributed by atoms with Crippen molar-refractivity contribution in [1.82, 2.24) is 4.48 Å². The van der Waals surface area contributed by atoms with Crippen LogP contribution < -0.4 is 26.2 Å². The van der Waals surface area contributed by atoms with E-state index in [9.17, 15) is 0 Å². The first-order chi connectivity index (χ1) is 8.62. The fourth-order valence-electron chi connectivity index (χ4n) is 2.12. The molecule has 0 radical (unpaired) electrons. The number of halogens is 1. The van der Waals surface area contributed by atoms with E-state index in [0.29, 0.717) is 0 Å². The Morgan fingerprint density at radius 2 is 1.47 bits per heavy atom. The van der Waals surface area contributed by atoms with Crippen LogP contribution in [0.5, 0.6) is 5.75 Å². The minimum atomic E-state index is 0. The van der Waals surface area contributed by atoms with Crippen LogP contribution in [0.1, 0.15) is 5.56 Å². The summed E-state index contributed by atoms with van der Waals surface area (Å²) in [4.78, 5) is 0. The van der Waals surface area contributed by atoms with E-state index in [4.69, 9.17) is 4.74 Å². The van der Waals surface area contributed by atoms with E-state index in [1.54, 1.807) is 7.11 Å². The second-order valence-electron chi connectivity index (χ2n) is 5.03. The molecule has 2 aromatic carbocycles. The number of nitrogens with zero attached hydrogens (tertiary/aromatic N) is 1. The largest absolute Gasteiger partial charge is 1.00 e. The lowest BCUT2D eigenvalue weighted by Crippen LogP contribution is -3.00. The number of ether oxygens (including phenoxy) is 1. The summed E-state index contributed by atoms with van der Waals surface area (Å²) < 4.78 is 6.02. The third-order valence-corrected chi connectivity index (χ3v) is 3.19. The fraction of sp³-hybridized carbons (Fsp3) is 0.250. The first-order valence-corrected chi connectivity index (χ1v) is 6.13. The van der Waals surface area contributed by atoms with Crippen molar-refractivity contribution in [2.24, 2.45) is 0 Å². The first-order valence-electron chi connectivity index (χ1n) is 6.13. The van der Waals surface area contributed by atoms with E-state index >= 15 is 0 Å². The summed E-state index contributed by atoms with van der Waals surface area (Å²) in [5.74, 6) is 0.901. The van der Waals surface area contributed by atoms with Crippen LogP contribution in [0.15, 0.2) is 54.6 Å². The molecule has 0 unspecified atom stereocenters. The normalized spacial score (nSPS) is 10.7. The molecule has 0 saturated heterocycles. The molecule has 102 valence electrons. The van der Waals surface area contributed by atoms with E-state index < -0.39 is 0 Å². The van der Waals surface area contributed by atoms with Crippen LogP contribution in [0.25, 0.3) is 0 Å². The average molecular weight is 322 g/mol.